The largest absolute Gasteiger partial charge is 0.496 e. The molecule has 4 nitrogen and oxygen atoms in total. The quantitative estimate of drug-likeness (QED) is 0.861. The maximum atomic E-state index is 12.2. The standard InChI is InChI=1S/C16H24N2O2/c1-12(10-13-6-3-4-8-15(13)20-2)18-16(19)14-7-5-9-17-11-14/h3-4,6,8,12,14,17H,5,7,9-11H2,1-2H3,(H,18,19)/t12?,14-/m1/s1. The number of benzene rings is 1. The summed E-state index contributed by atoms with van der Waals surface area (Å²) in [5, 5.41) is 6.39. The highest BCUT2D eigenvalue weighted by Gasteiger charge is 2.22. The van der Waals surface area contributed by atoms with E-state index in [1.807, 2.05) is 31.2 Å². The second-order valence-electron chi connectivity index (χ2n) is 5.47. The highest BCUT2D eigenvalue weighted by molar-refractivity contribution is 5.79. The van der Waals surface area contributed by atoms with Crippen molar-refractivity contribution in [1.29, 1.82) is 0 Å². The predicted molar refractivity (Wildman–Crippen MR) is 79.9 cm³/mol. The van der Waals surface area contributed by atoms with E-state index in [0.717, 1.165) is 43.7 Å². The van der Waals surface area contributed by atoms with E-state index in [4.69, 9.17) is 4.74 Å². The van der Waals surface area contributed by atoms with Crippen molar-refractivity contribution in [2.45, 2.75) is 32.2 Å². The molecule has 1 aromatic carbocycles. The van der Waals surface area contributed by atoms with Crippen molar-refractivity contribution in [3.63, 3.8) is 0 Å². The molecule has 1 heterocycles. The van der Waals surface area contributed by atoms with Gasteiger partial charge < -0.3 is 15.4 Å². The van der Waals surface area contributed by atoms with E-state index in [9.17, 15) is 4.79 Å². The molecular formula is C16H24N2O2. The van der Waals surface area contributed by atoms with Crippen molar-refractivity contribution >= 4 is 5.91 Å². The van der Waals surface area contributed by atoms with Crippen LogP contribution in [0, 0.1) is 5.92 Å². The van der Waals surface area contributed by atoms with Gasteiger partial charge in [-0.15, -0.1) is 0 Å². The second-order valence-corrected chi connectivity index (χ2v) is 5.47. The molecule has 1 aliphatic rings. The van der Waals surface area contributed by atoms with Gasteiger partial charge in [-0.05, 0) is 44.4 Å². The van der Waals surface area contributed by atoms with E-state index in [-0.39, 0.29) is 17.9 Å². The molecule has 110 valence electrons. The fraction of sp³-hybridized carbons (Fsp3) is 0.562. The summed E-state index contributed by atoms with van der Waals surface area (Å²) in [6, 6.07) is 8.07. The van der Waals surface area contributed by atoms with Crippen molar-refractivity contribution in [3.8, 4) is 5.75 Å². The number of hydrogen-bond donors (Lipinski definition) is 2. The van der Waals surface area contributed by atoms with Crippen LogP contribution in [0.5, 0.6) is 5.75 Å². The van der Waals surface area contributed by atoms with E-state index in [1.54, 1.807) is 7.11 Å². The van der Waals surface area contributed by atoms with Gasteiger partial charge in [-0.25, -0.2) is 0 Å². The molecule has 0 spiro atoms. The fourth-order valence-corrected chi connectivity index (χ4v) is 2.69. The number of carbonyl (C=O) groups is 1. The molecule has 0 bridgehead atoms. The monoisotopic (exact) mass is 276 g/mol. The lowest BCUT2D eigenvalue weighted by atomic mass is 9.98. The molecule has 1 aliphatic heterocycles. The van der Waals surface area contributed by atoms with Crippen LogP contribution in [-0.4, -0.2) is 32.1 Å². The third kappa shape index (κ3) is 3.97. The Morgan fingerprint density at radius 2 is 2.30 bits per heavy atom. The average Bonchev–Trinajstić information content (AvgIpc) is 2.48. The Balaban J connectivity index is 1.88. The minimum absolute atomic E-state index is 0.112. The summed E-state index contributed by atoms with van der Waals surface area (Å²) < 4.78 is 5.34. The van der Waals surface area contributed by atoms with Crippen LogP contribution in [-0.2, 0) is 11.2 Å². The molecule has 20 heavy (non-hydrogen) atoms. The van der Waals surface area contributed by atoms with Gasteiger partial charge in [0.15, 0.2) is 0 Å². The van der Waals surface area contributed by atoms with Gasteiger partial charge in [0.2, 0.25) is 5.91 Å². The van der Waals surface area contributed by atoms with Gasteiger partial charge in [-0.2, -0.15) is 0 Å². The Labute approximate surface area is 120 Å². The van der Waals surface area contributed by atoms with Crippen molar-refractivity contribution < 1.29 is 9.53 Å². The van der Waals surface area contributed by atoms with Gasteiger partial charge in [-0.3, -0.25) is 4.79 Å². The van der Waals surface area contributed by atoms with Crippen LogP contribution >= 0.6 is 0 Å². The van der Waals surface area contributed by atoms with Crippen LogP contribution in [0.15, 0.2) is 24.3 Å². The molecule has 0 aliphatic carbocycles. The van der Waals surface area contributed by atoms with Gasteiger partial charge >= 0.3 is 0 Å². The lowest BCUT2D eigenvalue weighted by molar-refractivity contribution is -0.126. The van der Waals surface area contributed by atoms with Gasteiger partial charge in [0.25, 0.3) is 0 Å². The smallest absolute Gasteiger partial charge is 0.224 e. The van der Waals surface area contributed by atoms with Gasteiger partial charge in [0, 0.05) is 12.6 Å². The summed E-state index contributed by atoms with van der Waals surface area (Å²) in [6.45, 7) is 3.87. The first-order valence-electron chi connectivity index (χ1n) is 7.33. The molecule has 0 saturated carbocycles. The minimum Gasteiger partial charge on any atom is -0.496 e. The Morgan fingerprint density at radius 1 is 1.50 bits per heavy atom. The lowest BCUT2D eigenvalue weighted by Gasteiger charge is -2.24. The van der Waals surface area contributed by atoms with Gasteiger partial charge in [0.1, 0.15) is 5.75 Å². The van der Waals surface area contributed by atoms with Crippen molar-refractivity contribution in [1.82, 2.24) is 10.6 Å². The highest BCUT2D eigenvalue weighted by Crippen LogP contribution is 2.19. The molecule has 1 aromatic rings. The van der Waals surface area contributed by atoms with Crippen LogP contribution in [0.1, 0.15) is 25.3 Å². The molecular weight excluding hydrogens is 252 g/mol. The molecule has 0 radical (unpaired) electrons. The predicted octanol–water partition coefficient (Wildman–Crippen LogP) is 1.74. The molecule has 1 unspecified atom stereocenters. The molecule has 1 amide bonds. The number of ether oxygens (including phenoxy) is 1. The van der Waals surface area contributed by atoms with Gasteiger partial charge in [0.05, 0.1) is 13.0 Å². The number of methoxy groups -OCH3 is 1. The molecule has 2 atom stereocenters. The normalized spacial score (nSPS) is 20.2. The van der Waals surface area contributed by atoms with E-state index in [1.165, 1.54) is 0 Å². The molecule has 2 rings (SSSR count). The van der Waals surface area contributed by atoms with Gasteiger partial charge in [-0.1, -0.05) is 18.2 Å². The van der Waals surface area contributed by atoms with E-state index in [2.05, 4.69) is 10.6 Å². The highest BCUT2D eigenvalue weighted by atomic mass is 16.5. The zero-order chi connectivity index (χ0) is 14.4. The third-order valence-corrected chi connectivity index (χ3v) is 3.77. The third-order valence-electron chi connectivity index (χ3n) is 3.77. The summed E-state index contributed by atoms with van der Waals surface area (Å²) in [6.07, 6.45) is 2.86. The summed E-state index contributed by atoms with van der Waals surface area (Å²) in [4.78, 5) is 12.2. The average molecular weight is 276 g/mol. The van der Waals surface area contributed by atoms with E-state index < -0.39 is 0 Å². The summed E-state index contributed by atoms with van der Waals surface area (Å²) in [5.74, 6) is 1.16. The number of rotatable bonds is 5. The van der Waals surface area contributed by atoms with Crippen molar-refractivity contribution in [3.05, 3.63) is 29.8 Å². The molecule has 2 N–H and O–H groups in total. The molecule has 0 aromatic heterocycles. The number of hydrogen-bond acceptors (Lipinski definition) is 3. The number of nitrogens with one attached hydrogen (secondary N) is 2. The van der Waals surface area contributed by atoms with Crippen LogP contribution in [0.25, 0.3) is 0 Å². The SMILES string of the molecule is COc1ccccc1CC(C)NC(=O)[C@@H]1CCCNC1. The Bertz CT molecular complexity index is 442. The Kier molecular flexibility index (Phi) is 5.41. The van der Waals surface area contributed by atoms with Crippen molar-refractivity contribution in [2.24, 2.45) is 5.92 Å². The first-order chi connectivity index (χ1) is 9.70. The van der Waals surface area contributed by atoms with E-state index in [0.29, 0.717) is 0 Å². The number of para-hydroxylation sites is 1. The Morgan fingerprint density at radius 3 is 3.00 bits per heavy atom. The fourth-order valence-electron chi connectivity index (χ4n) is 2.69. The molecule has 1 fully saturated rings. The minimum atomic E-state index is 0.112. The van der Waals surface area contributed by atoms with Crippen LogP contribution in [0.3, 0.4) is 0 Å². The maximum Gasteiger partial charge on any atom is 0.224 e. The Hall–Kier alpha value is -1.55. The molecule has 1 saturated heterocycles. The van der Waals surface area contributed by atoms with Crippen LogP contribution in [0.2, 0.25) is 0 Å². The zero-order valence-electron chi connectivity index (χ0n) is 12.3. The number of piperidine rings is 1. The summed E-state index contributed by atoms with van der Waals surface area (Å²) in [5.41, 5.74) is 1.13. The summed E-state index contributed by atoms with van der Waals surface area (Å²) in [7, 11) is 1.68. The van der Waals surface area contributed by atoms with Crippen LogP contribution < -0.4 is 15.4 Å². The zero-order valence-corrected chi connectivity index (χ0v) is 12.3. The maximum absolute atomic E-state index is 12.2. The topological polar surface area (TPSA) is 50.4 Å². The lowest BCUT2D eigenvalue weighted by Crippen LogP contribution is -2.44. The van der Waals surface area contributed by atoms with E-state index >= 15 is 0 Å². The second kappa shape index (κ2) is 7.29. The first kappa shape index (κ1) is 14.9. The summed E-state index contributed by atoms with van der Waals surface area (Å²) >= 11 is 0. The van der Waals surface area contributed by atoms with Crippen LogP contribution in [0.4, 0.5) is 0 Å². The number of carbonyl (C=O) groups excluding carboxylic acids is 1. The molecule has 4 heteroatoms. The first-order valence-corrected chi connectivity index (χ1v) is 7.33. The number of amides is 1. The van der Waals surface area contributed by atoms with Crippen molar-refractivity contribution in [2.75, 3.05) is 20.2 Å².